The van der Waals surface area contributed by atoms with Crippen molar-refractivity contribution in [3.8, 4) is 5.75 Å². The summed E-state index contributed by atoms with van der Waals surface area (Å²) in [6.07, 6.45) is 8.11. The van der Waals surface area contributed by atoms with Crippen LogP contribution < -0.4 is 4.74 Å². The van der Waals surface area contributed by atoms with E-state index in [-0.39, 0.29) is 18.3 Å². The summed E-state index contributed by atoms with van der Waals surface area (Å²) in [6.45, 7) is 0.674. The molecule has 0 radical (unpaired) electrons. The number of aryl methyl sites for hydroxylation is 1. The van der Waals surface area contributed by atoms with E-state index in [2.05, 4.69) is 6.07 Å². The van der Waals surface area contributed by atoms with Crippen LogP contribution in [0.2, 0.25) is 0 Å². The van der Waals surface area contributed by atoms with Crippen LogP contribution in [0, 0.1) is 0 Å². The Morgan fingerprint density at radius 1 is 1.04 bits per heavy atom. The fourth-order valence-electron chi connectivity index (χ4n) is 3.02. The highest BCUT2D eigenvalue weighted by molar-refractivity contribution is 7.90. The normalized spacial score (nSPS) is 11.4. The standard InChI is InChI=1S/C21H34O6S/c1-26-21(23)14-13-19-18(10-5-3-4-6-15-22)11-9-12-20(19)27-16-7-8-17-28(2,24)25/h9,11-12,22H,3-8,10,13-17H2,1-2H3. The zero-order chi connectivity index (χ0) is 20.8. The fourth-order valence-corrected chi connectivity index (χ4v) is 3.75. The average Bonchev–Trinajstić information content (AvgIpc) is 2.65. The van der Waals surface area contributed by atoms with Gasteiger partial charge in [-0.2, -0.15) is 0 Å². The number of aliphatic hydroxyl groups is 1. The number of esters is 1. The summed E-state index contributed by atoms with van der Waals surface area (Å²) in [5.74, 6) is 0.673. The maximum Gasteiger partial charge on any atom is 0.305 e. The lowest BCUT2D eigenvalue weighted by Gasteiger charge is -2.16. The zero-order valence-electron chi connectivity index (χ0n) is 17.1. The minimum absolute atomic E-state index is 0.166. The van der Waals surface area contributed by atoms with Gasteiger partial charge in [-0.1, -0.05) is 25.0 Å². The summed E-state index contributed by atoms with van der Waals surface area (Å²) in [5, 5.41) is 8.88. The summed E-state index contributed by atoms with van der Waals surface area (Å²) >= 11 is 0. The van der Waals surface area contributed by atoms with Gasteiger partial charge in [-0.3, -0.25) is 4.79 Å². The topological polar surface area (TPSA) is 89.9 Å². The lowest BCUT2D eigenvalue weighted by atomic mass is 9.97. The Morgan fingerprint density at radius 2 is 1.79 bits per heavy atom. The molecular formula is C21H34O6S. The van der Waals surface area contributed by atoms with Crippen molar-refractivity contribution in [3.63, 3.8) is 0 Å². The van der Waals surface area contributed by atoms with E-state index in [0.29, 0.717) is 32.3 Å². The minimum atomic E-state index is -2.94. The molecule has 1 aromatic carbocycles. The molecule has 1 aromatic rings. The van der Waals surface area contributed by atoms with Crippen molar-refractivity contribution in [2.75, 3.05) is 32.3 Å². The van der Waals surface area contributed by atoms with E-state index in [0.717, 1.165) is 43.4 Å². The molecule has 0 aromatic heterocycles. The third-order valence-corrected chi connectivity index (χ3v) is 5.59. The molecule has 0 unspecified atom stereocenters. The van der Waals surface area contributed by atoms with Gasteiger partial charge in [0.05, 0.1) is 19.5 Å². The van der Waals surface area contributed by atoms with E-state index in [1.807, 2.05) is 12.1 Å². The molecule has 0 heterocycles. The Bertz CT molecular complexity index is 684. The lowest BCUT2D eigenvalue weighted by Crippen LogP contribution is -2.08. The van der Waals surface area contributed by atoms with Crippen molar-refractivity contribution in [3.05, 3.63) is 29.3 Å². The molecule has 0 atom stereocenters. The highest BCUT2D eigenvalue weighted by Gasteiger charge is 2.12. The summed E-state index contributed by atoms with van der Waals surface area (Å²) in [5.41, 5.74) is 2.19. The van der Waals surface area contributed by atoms with Gasteiger partial charge in [0.2, 0.25) is 0 Å². The Kier molecular flexibility index (Phi) is 11.8. The number of aliphatic hydroxyl groups excluding tert-OH is 1. The van der Waals surface area contributed by atoms with Gasteiger partial charge in [0.25, 0.3) is 0 Å². The number of carbonyl (C=O) groups is 1. The minimum Gasteiger partial charge on any atom is -0.493 e. The van der Waals surface area contributed by atoms with Gasteiger partial charge in [-0.05, 0) is 55.7 Å². The second-order valence-corrected chi connectivity index (χ2v) is 9.30. The lowest BCUT2D eigenvalue weighted by molar-refractivity contribution is -0.140. The predicted octanol–water partition coefficient (Wildman–Crippen LogP) is 3.09. The molecule has 0 saturated carbocycles. The first-order chi connectivity index (χ1) is 13.4. The molecule has 0 spiro atoms. The third-order valence-electron chi connectivity index (χ3n) is 4.56. The second kappa shape index (κ2) is 13.6. The van der Waals surface area contributed by atoms with Crippen LogP contribution in [0.25, 0.3) is 0 Å². The van der Waals surface area contributed by atoms with E-state index in [1.54, 1.807) is 0 Å². The molecule has 0 aliphatic heterocycles. The Balaban J connectivity index is 2.70. The Morgan fingerprint density at radius 3 is 2.46 bits per heavy atom. The highest BCUT2D eigenvalue weighted by Crippen LogP contribution is 2.26. The van der Waals surface area contributed by atoms with Crippen molar-refractivity contribution in [2.24, 2.45) is 0 Å². The van der Waals surface area contributed by atoms with E-state index < -0.39 is 9.84 Å². The van der Waals surface area contributed by atoms with Crippen LogP contribution in [-0.4, -0.2) is 51.8 Å². The summed E-state index contributed by atoms with van der Waals surface area (Å²) in [7, 11) is -1.56. The van der Waals surface area contributed by atoms with Crippen molar-refractivity contribution in [2.45, 2.75) is 57.8 Å². The number of methoxy groups -OCH3 is 1. The van der Waals surface area contributed by atoms with Crippen LogP contribution >= 0.6 is 0 Å². The molecule has 6 nitrogen and oxygen atoms in total. The van der Waals surface area contributed by atoms with E-state index in [9.17, 15) is 13.2 Å². The van der Waals surface area contributed by atoms with Gasteiger partial charge in [-0.25, -0.2) is 8.42 Å². The SMILES string of the molecule is COC(=O)CCc1c(CCCCCCO)cccc1OCCCCS(C)(=O)=O. The quantitative estimate of drug-likeness (QED) is 0.350. The molecule has 1 N–H and O–H groups in total. The number of sulfone groups is 1. The number of carbonyl (C=O) groups excluding carboxylic acids is 1. The third kappa shape index (κ3) is 10.7. The molecule has 0 bridgehead atoms. The number of rotatable bonds is 15. The molecule has 0 fully saturated rings. The van der Waals surface area contributed by atoms with Crippen molar-refractivity contribution in [1.29, 1.82) is 0 Å². The number of unbranched alkanes of at least 4 members (excludes halogenated alkanes) is 4. The Labute approximate surface area is 169 Å². The van der Waals surface area contributed by atoms with Crippen molar-refractivity contribution >= 4 is 15.8 Å². The second-order valence-electron chi connectivity index (χ2n) is 7.04. The Hall–Kier alpha value is -1.60. The van der Waals surface area contributed by atoms with Gasteiger partial charge in [0.1, 0.15) is 15.6 Å². The van der Waals surface area contributed by atoms with Gasteiger partial charge in [0, 0.05) is 19.3 Å². The monoisotopic (exact) mass is 414 g/mol. The molecule has 1 rings (SSSR count). The van der Waals surface area contributed by atoms with Crippen LogP contribution in [0.3, 0.4) is 0 Å². The van der Waals surface area contributed by atoms with Crippen LogP contribution in [0.5, 0.6) is 5.75 Å². The van der Waals surface area contributed by atoms with Crippen LogP contribution in [0.1, 0.15) is 56.1 Å². The number of ether oxygens (including phenoxy) is 2. The fraction of sp³-hybridized carbons (Fsp3) is 0.667. The van der Waals surface area contributed by atoms with Crippen LogP contribution in [0.4, 0.5) is 0 Å². The van der Waals surface area contributed by atoms with Crippen LogP contribution in [0.15, 0.2) is 18.2 Å². The number of benzene rings is 1. The van der Waals surface area contributed by atoms with Gasteiger partial charge < -0.3 is 14.6 Å². The maximum atomic E-state index is 11.6. The molecule has 160 valence electrons. The first kappa shape index (κ1) is 24.4. The highest BCUT2D eigenvalue weighted by atomic mass is 32.2. The van der Waals surface area contributed by atoms with E-state index in [4.69, 9.17) is 14.6 Å². The number of hydrogen-bond acceptors (Lipinski definition) is 6. The van der Waals surface area contributed by atoms with Gasteiger partial charge in [0.15, 0.2) is 0 Å². The summed E-state index contributed by atoms with van der Waals surface area (Å²) in [6, 6.07) is 5.92. The molecule has 0 aliphatic rings. The number of hydrogen-bond donors (Lipinski definition) is 1. The zero-order valence-corrected chi connectivity index (χ0v) is 17.9. The molecule has 28 heavy (non-hydrogen) atoms. The van der Waals surface area contributed by atoms with E-state index in [1.165, 1.54) is 18.9 Å². The largest absolute Gasteiger partial charge is 0.493 e. The first-order valence-electron chi connectivity index (χ1n) is 9.96. The van der Waals surface area contributed by atoms with Crippen molar-refractivity contribution < 1.29 is 27.8 Å². The molecule has 0 saturated heterocycles. The molecule has 7 heteroatoms. The van der Waals surface area contributed by atoms with Gasteiger partial charge >= 0.3 is 5.97 Å². The van der Waals surface area contributed by atoms with Gasteiger partial charge in [-0.15, -0.1) is 0 Å². The predicted molar refractivity (Wildman–Crippen MR) is 110 cm³/mol. The van der Waals surface area contributed by atoms with Crippen molar-refractivity contribution in [1.82, 2.24) is 0 Å². The molecule has 0 aliphatic carbocycles. The molecular weight excluding hydrogens is 380 g/mol. The maximum absolute atomic E-state index is 11.6. The molecule has 0 amide bonds. The van der Waals surface area contributed by atoms with E-state index >= 15 is 0 Å². The smallest absolute Gasteiger partial charge is 0.305 e. The summed E-state index contributed by atoms with van der Waals surface area (Å²) in [4.78, 5) is 11.6. The first-order valence-corrected chi connectivity index (χ1v) is 12.0. The summed E-state index contributed by atoms with van der Waals surface area (Å²) < 4.78 is 33.1. The average molecular weight is 415 g/mol. The van der Waals surface area contributed by atoms with Crippen LogP contribution in [-0.2, 0) is 32.2 Å².